The summed E-state index contributed by atoms with van der Waals surface area (Å²) >= 11 is 0. The van der Waals surface area contributed by atoms with Crippen molar-refractivity contribution in [2.45, 2.75) is 83.7 Å². The number of amides is 4. The molecule has 2 aliphatic heterocycles. The summed E-state index contributed by atoms with van der Waals surface area (Å²) in [7, 11) is 0. The van der Waals surface area contributed by atoms with Crippen LogP contribution in [-0.2, 0) is 87.9 Å². The van der Waals surface area contributed by atoms with Crippen molar-refractivity contribution in [2.24, 2.45) is 5.73 Å². The number of halogens is 3. The van der Waals surface area contributed by atoms with Crippen LogP contribution in [0.3, 0.4) is 0 Å². The van der Waals surface area contributed by atoms with E-state index in [1.54, 1.807) is 43.2 Å². The smallest absolute Gasteiger partial charge is 0.478 e. The molecule has 148 heavy (non-hydrogen) atoms. The fraction of sp³-hybridized carbons (Fsp3) is 0.452. The topological polar surface area (TPSA) is 686 Å². The number of hydrogen-bond donors (Lipinski definition) is 11. The number of aryl methyl sites for hydroxylation is 2. The van der Waals surface area contributed by atoms with E-state index in [0.717, 1.165) is 53.3 Å². The number of aromatic carboxylic acids is 1. The lowest BCUT2D eigenvalue weighted by molar-refractivity contribution is -0.192. The molecule has 2 fully saturated rings. The Morgan fingerprint density at radius 2 is 0.770 bits per heavy atom. The lowest BCUT2D eigenvalue weighted by Crippen LogP contribution is -2.47. The first-order valence-electron chi connectivity index (χ1n) is 47.0. The summed E-state index contributed by atoms with van der Waals surface area (Å²) in [6.07, 6.45) is 24.1. The molecule has 0 radical (unpaired) electrons. The number of ketones is 1. The molecular weight excluding hydrogens is 1940 g/mol. The number of rotatable bonds is 54. The first-order chi connectivity index (χ1) is 71.8. The van der Waals surface area contributed by atoms with Crippen LogP contribution in [0.5, 0.6) is 0 Å². The summed E-state index contributed by atoms with van der Waals surface area (Å²) in [5.74, 6) is 3.26. The number of piperazine rings is 2. The van der Waals surface area contributed by atoms with Crippen molar-refractivity contribution in [1.82, 2.24) is 111 Å². The van der Waals surface area contributed by atoms with Gasteiger partial charge in [0.25, 0.3) is 12.0 Å². The van der Waals surface area contributed by atoms with E-state index in [1.165, 1.54) is 25.0 Å². The normalized spacial score (nSPS) is 12.4. The van der Waals surface area contributed by atoms with Crippen LogP contribution < -0.4 is 69.5 Å². The summed E-state index contributed by atoms with van der Waals surface area (Å²) in [5.41, 5.74) is 38.2. The Hall–Kier alpha value is -16.2. The maximum absolute atomic E-state index is 13.1. The first kappa shape index (κ1) is 112. The van der Waals surface area contributed by atoms with E-state index in [2.05, 4.69) is 122 Å². The van der Waals surface area contributed by atoms with Gasteiger partial charge in [-0.15, -0.1) is 12.8 Å². The Bertz CT molecular complexity index is 6300. The molecule has 16 N–H and O–H groups in total. The number of carbonyl (C=O) groups is 7. The molecule has 0 bridgehead atoms. The fourth-order valence-electron chi connectivity index (χ4n) is 14.1. The molecule has 0 spiro atoms. The minimum atomic E-state index is -5.08. The van der Waals surface area contributed by atoms with E-state index in [1.807, 2.05) is 49.5 Å². The number of Topliss-reactive ketones (excluding diaryl/α,β-unsaturated/α-hetero) is 1. The number of nitrogens with zero attached hydrogens (tertiary/aromatic N) is 22. The molecule has 52 nitrogen and oxygen atoms in total. The van der Waals surface area contributed by atoms with E-state index in [4.69, 9.17) is 113 Å². The van der Waals surface area contributed by atoms with Crippen molar-refractivity contribution in [3.05, 3.63) is 121 Å². The third kappa shape index (κ3) is 36.5. The number of aromatic nitrogens is 18. The number of nitrogen functional groups attached to an aromatic ring is 4. The molecule has 4 amide bonds. The standard InChI is InChI=1S/C46H57N15O9.C29H40N8O9.C16H18N8O.C2HF3O2/c1-2-16-69-46(64)49-10-18-66-20-22-68-24-23-67-21-19-65-17-9-38(63)50-26-32-27-51-44(52-28-32)59-12-14-60(15-13-59)45-53-29-34(30-54-45)36(62)6-4-3-5-11-61-42-39(41(47)55-31-56-42)40(58-61)33-7-8-37-35(25-33)57-43(48)70-37;1-2-9-46-29(41)30-4-11-43-13-15-45-17-16-44-14-12-42-10-3-25(38)31-18-23-19-32-27(33-20-23)36-5-7-37(8-6-36)28-34-21-24(22-35-28)26(39)40;17-5-1-2-6-24-15-12(14(18)20-8-21-15)13(23-24)9-3-4-11-10(7-9)22-16(19)25-11;3-2(4,5)1(6)7/h1,7-8,25,27-31H,3-6,9-24,26H2,(H2,48,57)(H,49,64)(H,50,63)(H2,47,55,56);1,19-22H,3-18H2,(H,30,41)(H,31,38)(H,39,40);3-4,7-8H,1-2,5-6,17H2,(H2,19,22)(H2,18,20,21);(H,6,7). The molecule has 12 heterocycles. The van der Waals surface area contributed by atoms with Crippen LogP contribution >= 0.6 is 0 Å². The van der Waals surface area contributed by atoms with Gasteiger partial charge in [0.05, 0.1) is 128 Å². The molecule has 790 valence electrons. The van der Waals surface area contributed by atoms with E-state index in [9.17, 15) is 41.9 Å². The van der Waals surface area contributed by atoms with Crippen LogP contribution in [0, 0.1) is 24.7 Å². The molecule has 0 atom stereocenters. The molecule has 2 aromatic carbocycles. The Labute approximate surface area is 844 Å². The van der Waals surface area contributed by atoms with E-state index < -0.39 is 30.3 Å². The number of nitrogens with one attached hydrogen (secondary N) is 4. The van der Waals surface area contributed by atoms with Crippen molar-refractivity contribution in [3.63, 3.8) is 0 Å². The van der Waals surface area contributed by atoms with Crippen LogP contribution in [0.25, 0.3) is 66.8 Å². The quantitative estimate of drug-likeness (QED) is 0.0142. The number of carboxylic acid groups (broad SMARTS) is 2. The van der Waals surface area contributed by atoms with Crippen LogP contribution in [-0.4, -0.2) is 338 Å². The first-order valence-corrected chi connectivity index (χ1v) is 47.0. The van der Waals surface area contributed by atoms with Crippen molar-refractivity contribution in [1.29, 1.82) is 0 Å². The average molecular weight is 2060 g/mol. The highest BCUT2D eigenvalue weighted by atomic mass is 19.4. The summed E-state index contributed by atoms with van der Waals surface area (Å²) in [6.45, 7) is 14.1. The summed E-state index contributed by atoms with van der Waals surface area (Å²) in [5, 5.41) is 37.8. The van der Waals surface area contributed by atoms with Gasteiger partial charge in [-0.2, -0.15) is 33.3 Å². The maximum atomic E-state index is 13.1. The fourth-order valence-corrected chi connectivity index (χ4v) is 14.1. The van der Waals surface area contributed by atoms with Gasteiger partial charge in [0.1, 0.15) is 46.7 Å². The van der Waals surface area contributed by atoms with Gasteiger partial charge in [-0.1, -0.05) is 18.3 Å². The SMILES string of the molecule is C#CCOC(=O)NCCOCCOCCOCCOCCC(=O)NCc1cnc(N2CCN(c3ncc(C(=O)CCCCCn4nc(-c5ccc6oc(N)nc6c5)c5c(N)ncnc54)cn3)CC2)nc1.C#CCOC(=O)NCCOCCOCCOCCOCCC(=O)NCc1cnc(N2CCN(c3ncc(C(=O)O)cn3)CC2)nc1.NCCCCn1nc(-c2ccc3oc(N)nc3c2)c2c(N)ncnc21.O=C(O)C(F)(F)F. The second-order valence-electron chi connectivity index (χ2n) is 32.0. The molecule has 2 aliphatic rings. The Morgan fingerprint density at radius 3 is 1.12 bits per heavy atom. The molecule has 0 saturated carbocycles. The number of fused-ring (bicyclic) bond motifs is 4. The van der Waals surface area contributed by atoms with Gasteiger partial charge >= 0.3 is 30.3 Å². The third-order valence-electron chi connectivity index (χ3n) is 21.5. The van der Waals surface area contributed by atoms with Crippen LogP contribution in [0.15, 0.2) is 107 Å². The molecule has 2 saturated heterocycles. The largest absolute Gasteiger partial charge is 0.490 e. The van der Waals surface area contributed by atoms with Crippen LogP contribution in [0.1, 0.15) is 83.2 Å². The van der Waals surface area contributed by atoms with E-state index in [0.29, 0.717) is 295 Å². The number of carboxylic acids is 2. The molecule has 0 aliphatic carbocycles. The van der Waals surface area contributed by atoms with Crippen molar-refractivity contribution < 1.29 is 113 Å². The number of terminal acetylenes is 2. The Balaban J connectivity index is 0.000000226. The number of alkyl halides is 3. The van der Waals surface area contributed by atoms with Crippen molar-refractivity contribution in [2.75, 3.05) is 233 Å². The summed E-state index contributed by atoms with van der Waals surface area (Å²) < 4.78 is 98.8. The zero-order valence-corrected chi connectivity index (χ0v) is 80.9. The van der Waals surface area contributed by atoms with Gasteiger partial charge in [-0.25, -0.2) is 88.3 Å². The maximum Gasteiger partial charge on any atom is 0.490 e. The number of unbranched alkanes of at least 4 members (excludes halogenated alkanes) is 3. The minimum absolute atomic E-state index is 0.00859. The van der Waals surface area contributed by atoms with Crippen LogP contribution in [0.2, 0.25) is 0 Å². The zero-order chi connectivity index (χ0) is 105. The summed E-state index contributed by atoms with van der Waals surface area (Å²) in [4.78, 5) is 149. The zero-order valence-electron chi connectivity index (χ0n) is 80.9. The van der Waals surface area contributed by atoms with Gasteiger partial charge in [0.2, 0.25) is 35.6 Å². The lowest BCUT2D eigenvalue weighted by atomic mass is 10.1. The van der Waals surface area contributed by atoms with Crippen molar-refractivity contribution >= 4 is 133 Å². The predicted octanol–water partition coefficient (Wildman–Crippen LogP) is 4.48. The molecule has 10 aromatic heterocycles. The number of ether oxygens (including phenoxy) is 10. The summed E-state index contributed by atoms with van der Waals surface area (Å²) in [6, 6.07) is 11.3. The van der Waals surface area contributed by atoms with Gasteiger partial charge in [-0.05, 0) is 68.6 Å². The highest BCUT2D eigenvalue weighted by molar-refractivity contribution is 6.01. The highest BCUT2D eigenvalue weighted by Gasteiger charge is 2.38. The molecule has 0 unspecified atom stereocenters. The van der Waals surface area contributed by atoms with Gasteiger partial charge < -0.3 is 136 Å². The second kappa shape index (κ2) is 59.9. The monoisotopic (exact) mass is 2060 g/mol. The minimum Gasteiger partial charge on any atom is -0.478 e. The molecule has 12 aromatic rings. The number of carbonyl (C=O) groups excluding carboxylic acids is 5. The number of hydrogen-bond acceptors (Lipinski definition) is 44. The number of benzene rings is 2. The Morgan fingerprint density at radius 1 is 0.426 bits per heavy atom. The average Bonchev–Trinajstić information content (AvgIpc) is 1.62. The Kier molecular flexibility index (Phi) is 45.4. The molecular formula is C93H116F3N31O21. The van der Waals surface area contributed by atoms with E-state index >= 15 is 0 Å². The van der Waals surface area contributed by atoms with Crippen molar-refractivity contribution in [3.8, 4) is 47.2 Å². The van der Waals surface area contributed by atoms with Gasteiger partial charge in [0, 0.05) is 183 Å². The van der Waals surface area contributed by atoms with Gasteiger partial charge in [-0.3, -0.25) is 14.4 Å². The highest BCUT2D eigenvalue weighted by Crippen LogP contribution is 2.35. The van der Waals surface area contributed by atoms with Crippen LogP contribution in [0.4, 0.5) is 70.2 Å². The second-order valence-corrected chi connectivity index (χ2v) is 32.0. The number of oxazole rings is 2. The van der Waals surface area contributed by atoms with Gasteiger partial charge in [0.15, 0.2) is 41.5 Å². The predicted molar refractivity (Wildman–Crippen MR) is 529 cm³/mol. The molecule has 55 heteroatoms. The third-order valence-corrected chi connectivity index (χ3v) is 21.5. The lowest BCUT2D eigenvalue weighted by Gasteiger charge is -2.34. The number of anilines is 8. The molecule has 14 rings (SSSR count). The number of aliphatic carboxylic acids is 1. The number of nitrogens with two attached hydrogens (primary N) is 5. The number of alkyl carbamates (subject to hydrolysis) is 2. The van der Waals surface area contributed by atoms with E-state index in [-0.39, 0.29) is 74.5 Å².